The summed E-state index contributed by atoms with van der Waals surface area (Å²) >= 11 is 0. The Morgan fingerprint density at radius 2 is 1.67 bits per heavy atom. The van der Waals surface area contributed by atoms with Gasteiger partial charge in [-0.2, -0.15) is 0 Å². The zero-order chi connectivity index (χ0) is 11.6. The fourth-order valence-electron chi connectivity index (χ4n) is 1.60. The van der Waals surface area contributed by atoms with E-state index in [-0.39, 0.29) is 0 Å². The van der Waals surface area contributed by atoms with Gasteiger partial charge < -0.3 is 10.2 Å². The summed E-state index contributed by atoms with van der Waals surface area (Å²) in [4.78, 5) is 0. The molecule has 2 N–H and O–H groups in total. The minimum atomic E-state index is -0.788. The van der Waals surface area contributed by atoms with Gasteiger partial charge >= 0.3 is 0 Å². The van der Waals surface area contributed by atoms with Crippen LogP contribution >= 0.6 is 0 Å². The summed E-state index contributed by atoms with van der Waals surface area (Å²) in [5, 5.41) is 19.2. The fraction of sp³-hybridized carbons (Fsp3) is 0.538. The Labute approximate surface area is 91.6 Å². The maximum Gasteiger partial charge on any atom is 0.105 e. The minimum Gasteiger partial charge on any atom is -0.390 e. The van der Waals surface area contributed by atoms with Crippen molar-refractivity contribution in [2.45, 2.75) is 45.8 Å². The van der Waals surface area contributed by atoms with Crippen LogP contribution in [0.1, 0.15) is 49.5 Å². The molecule has 84 valence electrons. The van der Waals surface area contributed by atoms with Crippen LogP contribution in [0.5, 0.6) is 0 Å². The molecule has 1 rings (SSSR count). The van der Waals surface area contributed by atoms with E-state index in [1.807, 2.05) is 19.1 Å². The Morgan fingerprint density at radius 3 is 2.13 bits per heavy atom. The number of aliphatic hydroxyl groups is 2. The monoisotopic (exact) mass is 208 g/mol. The molecule has 0 bridgehead atoms. The van der Waals surface area contributed by atoms with Gasteiger partial charge in [-0.15, -0.1) is 0 Å². The van der Waals surface area contributed by atoms with E-state index >= 15 is 0 Å². The van der Waals surface area contributed by atoms with Gasteiger partial charge in [0.1, 0.15) is 6.10 Å². The van der Waals surface area contributed by atoms with E-state index in [4.69, 9.17) is 0 Å². The first-order chi connectivity index (χ1) is 6.93. The van der Waals surface area contributed by atoms with Gasteiger partial charge in [0.2, 0.25) is 0 Å². The molecule has 0 heterocycles. The van der Waals surface area contributed by atoms with E-state index in [1.165, 1.54) is 5.56 Å². The summed E-state index contributed by atoms with van der Waals surface area (Å²) in [6.07, 6.45) is -1.52. The molecule has 1 aromatic rings. The summed E-state index contributed by atoms with van der Waals surface area (Å²) in [5.74, 6) is 0.436. The molecular weight excluding hydrogens is 188 g/mol. The molecule has 0 spiro atoms. The first kappa shape index (κ1) is 12.2. The van der Waals surface area contributed by atoms with Crippen molar-refractivity contribution in [2.75, 3.05) is 0 Å². The second-order valence-electron chi connectivity index (χ2n) is 4.46. The third kappa shape index (κ3) is 2.80. The van der Waals surface area contributed by atoms with Crippen molar-refractivity contribution in [3.8, 4) is 0 Å². The molecule has 0 fully saturated rings. The largest absolute Gasteiger partial charge is 0.390 e. The third-order valence-electron chi connectivity index (χ3n) is 2.75. The molecule has 0 saturated carbocycles. The highest BCUT2D eigenvalue weighted by Crippen LogP contribution is 2.25. The van der Waals surface area contributed by atoms with Gasteiger partial charge in [0.15, 0.2) is 0 Å². The smallest absolute Gasteiger partial charge is 0.105 e. The summed E-state index contributed by atoms with van der Waals surface area (Å²) < 4.78 is 0. The molecule has 0 saturated heterocycles. The van der Waals surface area contributed by atoms with E-state index in [9.17, 15) is 10.2 Å². The van der Waals surface area contributed by atoms with Crippen molar-refractivity contribution in [1.29, 1.82) is 0 Å². The normalized spacial score (nSPS) is 15.4. The number of rotatable bonds is 3. The number of aryl methyl sites for hydroxylation is 1. The lowest BCUT2D eigenvalue weighted by Crippen LogP contribution is -2.15. The molecule has 0 aliphatic rings. The van der Waals surface area contributed by atoms with Crippen LogP contribution in [0, 0.1) is 6.92 Å². The highest BCUT2D eigenvalue weighted by Gasteiger charge is 2.16. The first-order valence-corrected chi connectivity index (χ1v) is 5.40. The topological polar surface area (TPSA) is 40.5 Å². The van der Waals surface area contributed by atoms with Gasteiger partial charge in [-0.05, 0) is 36.5 Å². The van der Waals surface area contributed by atoms with Crippen LogP contribution in [0.15, 0.2) is 18.2 Å². The summed E-state index contributed by atoms with van der Waals surface area (Å²) in [6, 6.07) is 6.05. The average molecular weight is 208 g/mol. The van der Waals surface area contributed by atoms with Crippen LogP contribution in [0.4, 0.5) is 0 Å². The molecule has 2 heteroatoms. The van der Waals surface area contributed by atoms with Gasteiger partial charge in [-0.1, -0.05) is 32.0 Å². The number of hydrogen-bond acceptors (Lipinski definition) is 2. The molecule has 0 aliphatic heterocycles. The quantitative estimate of drug-likeness (QED) is 0.801. The van der Waals surface area contributed by atoms with Gasteiger partial charge in [0.25, 0.3) is 0 Å². The maximum absolute atomic E-state index is 9.83. The Hall–Kier alpha value is -0.860. The molecule has 2 atom stereocenters. The van der Waals surface area contributed by atoms with Crippen molar-refractivity contribution in [3.05, 3.63) is 34.9 Å². The van der Waals surface area contributed by atoms with Gasteiger partial charge in [-0.25, -0.2) is 0 Å². The Balaban J connectivity index is 3.10. The number of aliphatic hydroxyl groups excluding tert-OH is 2. The molecule has 2 nitrogen and oxygen atoms in total. The zero-order valence-electron chi connectivity index (χ0n) is 9.86. The minimum absolute atomic E-state index is 0.436. The number of benzene rings is 1. The molecule has 0 aromatic heterocycles. The van der Waals surface area contributed by atoms with E-state index < -0.39 is 12.2 Å². The van der Waals surface area contributed by atoms with Crippen LogP contribution in [0.25, 0.3) is 0 Å². The lowest BCUT2D eigenvalue weighted by molar-refractivity contribution is 0.0301. The van der Waals surface area contributed by atoms with Crippen LogP contribution in [0.2, 0.25) is 0 Å². The second-order valence-corrected chi connectivity index (χ2v) is 4.46. The van der Waals surface area contributed by atoms with Crippen LogP contribution in [-0.4, -0.2) is 16.3 Å². The molecule has 1 aromatic carbocycles. The van der Waals surface area contributed by atoms with Crippen LogP contribution in [0.3, 0.4) is 0 Å². The molecule has 15 heavy (non-hydrogen) atoms. The van der Waals surface area contributed by atoms with Gasteiger partial charge in [0.05, 0.1) is 6.10 Å². The van der Waals surface area contributed by atoms with E-state index in [0.29, 0.717) is 5.92 Å². The van der Waals surface area contributed by atoms with E-state index in [1.54, 1.807) is 6.92 Å². The fourth-order valence-corrected chi connectivity index (χ4v) is 1.60. The van der Waals surface area contributed by atoms with Crippen LogP contribution < -0.4 is 0 Å². The predicted octanol–water partition coefficient (Wildman–Crippen LogP) is 2.53. The highest BCUT2D eigenvalue weighted by atomic mass is 16.3. The first-order valence-electron chi connectivity index (χ1n) is 5.40. The third-order valence-corrected chi connectivity index (χ3v) is 2.75. The highest BCUT2D eigenvalue weighted by molar-refractivity contribution is 5.34. The van der Waals surface area contributed by atoms with Crippen molar-refractivity contribution in [3.63, 3.8) is 0 Å². The van der Waals surface area contributed by atoms with Crippen molar-refractivity contribution < 1.29 is 10.2 Å². The van der Waals surface area contributed by atoms with Gasteiger partial charge in [-0.3, -0.25) is 0 Å². The SMILES string of the molecule is Cc1ccc(C(C)C)cc1C(O)C(C)O. The molecule has 0 radical (unpaired) electrons. The molecule has 0 aliphatic carbocycles. The summed E-state index contributed by atoms with van der Waals surface area (Å²) in [5.41, 5.74) is 3.04. The van der Waals surface area contributed by atoms with Crippen molar-refractivity contribution >= 4 is 0 Å². The standard InChI is InChI=1S/C13H20O2/c1-8(2)11-6-5-9(3)12(7-11)13(15)10(4)14/h5-8,10,13-15H,1-4H3. The second kappa shape index (κ2) is 4.77. The Bertz CT molecular complexity index is 329. The molecule has 0 amide bonds. The number of hydrogen-bond donors (Lipinski definition) is 2. The van der Waals surface area contributed by atoms with Crippen molar-refractivity contribution in [2.24, 2.45) is 0 Å². The molecule has 2 unspecified atom stereocenters. The summed E-state index contributed by atoms with van der Waals surface area (Å²) in [6.45, 7) is 7.78. The lowest BCUT2D eigenvalue weighted by atomic mass is 9.94. The van der Waals surface area contributed by atoms with Gasteiger partial charge in [0, 0.05) is 0 Å². The summed E-state index contributed by atoms with van der Waals surface area (Å²) in [7, 11) is 0. The average Bonchev–Trinajstić information content (AvgIpc) is 2.16. The maximum atomic E-state index is 9.83. The van der Waals surface area contributed by atoms with E-state index in [0.717, 1.165) is 11.1 Å². The molecular formula is C13H20O2. The van der Waals surface area contributed by atoms with Crippen molar-refractivity contribution in [1.82, 2.24) is 0 Å². The predicted molar refractivity (Wildman–Crippen MR) is 61.9 cm³/mol. The zero-order valence-corrected chi connectivity index (χ0v) is 9.86. The van der Waals surface area contributed by atoms with E-state index in [2.05, 4.69) is 19.9 Å². The van der Waals surface area contributed by atoms with Crippen LogP contribution in [-0.2, 0) is 0 Å². The lowest BCUT2D eigenvalue weighted by Gasteiger charge is -2.18. The Kier molecular flexibility index (Phi) is 3.89. The Morgan fingerprint density at radius 1 is 1.07 bits per heavy atom.